The van der Waals surface area contributed by atoms with Gasteiger partial charge in [-0.1, -0.05) is 18.2 Å². The van der Waals surface area contributed by atoms with Crippen LogP contribution in [0.1, 0.15) is 21.7 Å². The van der Waals surface area contributed by atoms with Crippen molar-refractivity contribution in [3.63, 3.8) is 0 Å². The lowest BCUT2D eigenvalue weighted by Crippen LogP contribution is -2.16. The molecule has 0 aliphatic rings. The molecule has 2 aromatic heterocycles. The van der Waals surface area contributed by atoms with Crippen LogP contribution in [0.3, 0.4) is 0 Å². The van der Waals surface area contributed by atoms with E-state index in [2.05, 4.69) is 20.4 Å². The Morgan fingerprint density at radius 3 is 2.69 bits per heavy atom. The quantitative estimate of drug-likeness (QED) is 0.507. The van der Waals surface area contributed by atoms with E-state index in [4.69, 9.17) is 16.7 Å². The fourth-order valence-electron chi connectivity index (χ4n) is 3.10. The topological polar surface area (TPSA) is 147 Å². The van der Waals surface area contributed by atoms with Crippen LogP contribution >= 0.6 is 0 Å². The van der Waals surface area contributed by atoms with Crippen molar-refractivity contribution in [2.75, 3.05) is 5.73 Å². The molecule has 0 aliphatic heterocycles. The zero-order chi connectivity index (χ0) is 18.4. The van der Waals surface area contributed by atoms with Crippen LogP contribution in [0.15, 0.2) is 30.3 Å². The number of nitrogens with one attached hydrogen (secondary N) is 1. The van der Waals surface area contributed by atoms with Gasteiger partial charge in [-0.05, 0) is 30.2 Å². The molecule has 8 nitrogen and oxygen atoms in total. The number of hydrogen-bond donors (Lipinski definition) is 3. The van der Waals surface area contributed by atoms with Crippen molar-refractivity contribution in [1.29, 1.82) is 5.26 Å². The molecule has 0 fully saturated rings. The molecule has 126 valence electrons. The first-order valence-electron chi connectivity index (χ1n) is 7.75. The summed E-state index contributed by atoms with van der Waals surface area (Å²) in [5.74, 6) is -0.720. The molecule has 2 aromatic carbocycles. The molecular formula is C18H13N7O. The van der Waals surface area contributed by atoms with Crippen molar-refractivity contribution < 1.29 is 4.79 Å². The number of hydrogen-bond acceptors (Lipinski definition) is 6. The van der Waals surface area contributed by atoms with E-state index in [1.54, 1.807) is 6.07 Å². The largest absolute Gasteiger partial charge is 0.396 e. The zero-order valence-corrected chi connectivity index (χ0v) is 13.7. The van der Waals surface area contributed by atoms with Crippen molar-refractivity contribution in [3.05, 3.63) is 47.3 Å². The highest BCUT2D eigenvalue weighted by Crippen LogP contribution is 2.34. The number of primary amides is 1. The molecule has 0 spiro atoms. The fourth-order valence-corrected chi connectivity index (χ4v) is 3.10. The molecular weight excluding hydrogens is 330 g/mol. The van der Waals surface area contributed by atoms with Gasteiger partial charge >= 0.3 is 0 Å². The van der Waals surface area contributed by atoms with Gasteiger partial charge in [0.2, 0.25) is 0 Å². The molecule has 4 aromatic rings. The van der Waals surface area contributed by atoms with Crippen LogP contribution in [0.25, 0.3) is 32.9 Å². The number of amides is 1. The van der Waals surface area contributed by atoms with Crippen molar-refractivity contribution >= 4 is 33.4 Å². The van der Waals surface area contributed by atoms with Crippen LogP contribution in [-0.4, -0.2) is 26.3 Å². The third kappa shape index (κ3) is 2.15. The van der Waals surface area contributed by atoms with Gasteiger partial charge in [-0.15, -0.1) is 10.2 Å². The lowest BCUT2D eigenvalue weighted by atomic mass is 9.95. The van der Waals surface area contributed by atoms with E-state index in [1.807, 2.05) is 37.3 Å². The van der Waals surface area contributed by atoms with Crippen molar-refractivity contribution in [2.24, 2.45) is 5.73 Å². The second-order valence-corrected chi connectivity index (χ2v) is 5.92. The average Bonchev–Trinajstić information content (AvgIpc) is 3.03. The number of nitrogen functional groups attached to an aromatic ring is 1. The molecule has 0 atom stereocenters. The van der Waals surface area contributed by atoms with Gasteiger partial charge in [-0.3, -0.25) is 9.89 Å². The Bertz CT molecular complexity index is 1250. The van der Waals surface area contributed by atoms with Crippen LogP contribution < -0.4 is 11.5 Å². The highest BCUT2D eigenvalue weighted by molar-refractivity contribution is 6.08. The van der Waals surface area contributed by atoms with Crippen molar-refractivity contribution in [1.82, 2.24) is 20.4 Å². The second-order valence-electron chi connectivity index (χ2n) is 5.92. The summed E-state index contributed by atoms with van der Waals surface area (Å²) in [6.45, 7) is 1.95. The van der Waals surface area contributed by atoms with Gasteiger partial charge in [0.15, 0.2) is 11.4 Å². The maximum absolute atomic E-state index is 11.5. The minimum atomic E-state index is -0.720. The van der Waals surface area contributed by atoms with Crippen molar-refractivity contribution in [3.8, 4) is 17.2 Å². The number of rotatable bonds is 2. The van der Waals surface area contributed by atoms with E-state index in [0.717, 1.165) is 27.6 Å². The fraction of sp³-hybridized carbons (Fsp3) is 0.0556. The summed E-state index contributed by atoms with van der Waals surface area (Å²) in [6.07, 6.45) is 0. The monoisotopic (exact) mass is 343 g/mol. The van der Waals surface area contributed by atoms with Gasteiger partial charge < -0.3 is 11.5 Å². The molecule has 0 saturated heterocycles. The predicted molar refractivity (Wildman–Crippen MR) is 97.0 cm³/mol. The lowest BCUT2D eigenvalue weighted by molar-refractivity contribution is 0.0996. The number of carbonyl (C=O) groups is 1. The molecule has 5 N–H and O–H groups in total. The first-order chi connectivity index (χ1) is 12.5. The Labute approximate surface area is 147 Å². The highest BCUT2D eigenvalue weighted by atomic mass is 16.1. The number of nitrogens with two attached hydrogens (primary N) is 2. The molecule has 2 heterocycles. The maximum Gasteiger partial charge on any atom is 0.271 e. The Balaban J connectivity index is 2.02. The number of nitrogens with zero attached hydrogens (tertiary/aromatic N) is 4. The highest BCUT2D eigenvalue weighted by Gasteiger charge is 2.17. The summed E-state index contributed by atoms with van der Waals surface area (Å²) in [6, 6.07) is 11.4. The number of nitriles is 1. The zero-order valence-electron chi connectivity index (χ0n) is 13.7. The molecule has 26 heavy (non-hydrogen) atoms. The number of fused-ring (bicyclic) bond motifs is 2. The van der Waals surface area contributed by atoms with Gasteiger partial charge in [0, 0.05) is 16.3 Å². The number of benzene rings is 2. The second kappa shape index (κ2) is 5.53. The molecule has 4 rings (SSSR count). The van der Waals surface area contributed by atoms with Gasteiger partial charge in [0.25, 0.3) is 5.91 Å². The van der Waals surface area contributed by atoms with E-state index < -0.39 is 5.91 Å². The standard InChI is InChI=1S/C18H13N7O/c1-8-2-4-11-15(20)17(18(21)26)25-24-16(11)14(8)9-3-5-10-12(6-9)22-23-13(10)7-19/h2-6H,1H3,(H2,20,24)(H2,21,26)(H,22,23). The molecule has 0 unspecified atom stereocenters. The molecule has 8 heteroatoms. The Morgan fingerprint density at radius 1 is 1.19 bits per heavy atom. The van der Waals surface area contributed by atoms with E-state index in [1.165, 1.54) is 0 Å². The summed E-state index contributed by atoms with van der Waals surface area (Å²) in [5.41, 5.74) is 15.9. The van der Waals surface area contributed by atoms with Gasteiger partial charge in [0.1, 0.15) is 11.6 Å². The summed E-state index contributed by atoms with van der Waals surface area (Å²) >= 11 is 0. The number of aryl methyl sites for hydroxylation is 1. The van der Waals surface area contributed by atoms with Crippen LogP contribution in [0.2, 0.25) is 0 Å². The molecule has 0 aliphatic carbocycles. The van der Waals surface area contributed by atoms with E-state index >= 15 is 0 Å². The van der Waals surface area contributed by atoms with E-state index in [9.17, 15) is 4.79 Å². The van der Waals surface area contributed by atoms with Crippen LogP contribution in [0, 0.1) is 18.3 Å². The smallest absolute Gasteiger partial charge is 0.271 e. The molecule has 0 bridgehead atoms. The maximum atomic E-state index is 11.5. The summed E-state index contributed by atoms with van der Waals surface area (Å²) in [4.78, 5) is 11.5. The Kier molecular flexibility index (Phi) is 3.30. The van der Waals surface area contributed by atoms with Crippen LogP contribution in [0.4, 0.5) is 5.69 Å². The number of anilines is 1. The van der Waals surface area contributed by atoms with E-state index in [0.29, 0.717) is 16.6 Å². The van der Waals surface area contributed by atoms with Crippen LogP contribution in [-0.2, 0) is 0 Å². The third-order valence-corrected chi connectivity index (χ3v) is 4.37. The number of aromatic amines is 1. The molecule has 0 radical (unpaired) electrons. The summed E-state index contributed by atoms with van der Waals surface area (Å²) in [5, 5.41) is 25.4. The van der Waals surface area contributed by atoms with Crippen LogP contribution in [0.5, 0.6) is 0 Å². The van der Waals surface area contributed by atoms with E-state index in [-0.39, 0.29) is 11.4 Å². The van der Waals surface area contributed by atoms with Gasteiger partial charge in [-0.25, -0.2) is 0 Å². The Hall–Kier alpha value is -3.99. The molecule has 0 saturated carbocycles. The first-order valence-corrected chi connectivity index (χ1v) is 7.75. The predicted octanol–water partition coefficient (Wildman–Crippen LogP) is 2.03. The lowest BCUT2D eigenvalue weighted by Gasteiger charge is -2.12. The minimum absolute atomic E-state index is 0.0463. The summed E-state index contributed by atoms with van der Waals surface area (Å²) in [7, 11) is 0. The third-order valence-electron chi connectivity index (χ3n) is 4.37. The SMILES string of the molecule is Cc1ccc2c(N)c(C(N)=O)nnc2c1-c1ccc2c(C#N)n[nH]c2c1. The van der Waals surface area contributed by atoms with Gasteiger partial charge in [-0.2, -0.15) is 10.4 Å². The average molecular weight is 343 g/mol. The minimum Gasteiger partial charge on any atom is -0.396 e. The Morgan fingerprint density at radius 2 is 1.96 bits per heavy atom. The summed E-state index contributed by atoms with van der Waals surface area (Å²) < 4.78 is 0. The molecule has 1 amide bonds. The first kappa shape index (κ1) is 15.5. The number of H-pyrrole nitrogens is 1. The van der Waals surface area contributed by atoms with Gasteiger partial charge in [0.05, 0.1) is 11.2 Å². The van der Waals surface area contributed by atoms with Crippen molar-refractivity contribution in [2.45, 2.75) is 6.92 Å². The normalized spacial score (nSPS) is 10.9. The number of carbonyl (C=O) groups excluding carboxylic acids is 1. The number of aromatic nitrogens is 4.